The van der Waals surface area contributed by atoms with Gasteiger partial charge in [0, 0.05) is 6.42 Å². The predicted octanol–water partition coefficient (Wildman–Crippen LogP) is 3.63. The molecule has 1 saturated heterocycles. The van der Waals surface area contributed by atoms with Crippen LogP contribution in [-0.2, 0) is 4.74 Å². The molecule has 0 radical (unpaired) electrons. The summed E-state index contributed by atoms with van der Waals surface area (Å²) in [6, 6.07) is 8.00. The zero-order valence-corrected chi connectivity index (χ0v) is 9.74. The third kappa shape index (κ3) is 2.86. The van der Waals surface area contributed by atoms with Crippen LogP contribution in [-0.4, -0.2) is 12.9 Å². The summed E-state index contributed by atoms with van der Waals surface area (Å²) in [5, 5.41) is 0. The molecule has 0 bridgehead atoms. The van der Waals surface area contributed by atoms with Crippen molar-refractivity contribution in [1.82, 2.24) is 0 Å². The minimum absolute atomic E-state index is 0.0653. The van der Waals surface area contributed by atoms with Crippen LogP contribution in [0.3, 0.4) is 0 Å². The maximum Gasteiger partial charge on any atom is 0.199 e. The van der Waals surface area contributed by atoms with Crippen LogP contribution in [0, 0.1) is 0 Å². The van der Waals surface area contributed by atoms with Gasteiger partial charge >= 0.3 is 0 Å². The Morgan fingerprint density at radius 2 is 2.06 bits per heavy atom. The first-order valence-electron chi connectivity index (χ1n) is 5.80. The van der Waals surface area contributed by atoms with Crippen LogP contribution < -0.4 is 4.74 Å². The highest BCUT2D eigenvalue weighted by Gasteiger charge is 2.14. The average molecular weight is 218 g/mol. The van der Waals surface area contributed by atoms with Crippen LogP contribution in [0.4, 0.5) is 0 Å². The first-order valence-corrected chi connectivity index (χ1v) is 5.80. The molecule has 0 amide bonds. The van der Waals surface area contributed by atoms with Crippen molar-refractivity contribution in [2.45, 2.75) is 32.5 Å². The molecule has 2 rings (SSSR count). The van der Waals surface area contributed by atoms with Gasteiger partial charge in [-0.25, -0.2) is 0 Å². The van der Waals surface area contributed by atoms with Gasteiger partial charge in [0.15, 0.2) is 6.29 Å². The Hall–Kier alpha value is -1.28. The van der Waals surface area contributed by atoms with Crippen molar-refractivity contribution >= 4 is 5.57 Å². The second-order valence-corrected chi connectivity index (χ2v) is 4.22. The summed E-state index contributed by atoms with van der Waals surface area (Å²) in [4.78, 5) is 0. The average Bonchev–Trinajstić information content (AvgIpc) is 2.31. The molecule has 1 aromatic rings. The van der Waals surface area contributed by atoms with E-state index in [-0.39, 0.29) is 6.29 Å². The fraction of sp³-hybridized carbons (Fsp3) is 0.429. The lowest BCUT2D eigenvalue weighted by atomic mass is 10.1. The van der Waals surface area contributed by atoms with E-state index < -0.39 is 0 Å². The van der Waals surface area contributed by atoms with Gasteiger partial charge in [0.1, 0.15) is 5.75 Å². The summed E-state index contributed by atoms with van der Waals surface area (Å²) in [6.07, 6.45) is 3.26. The third-order valence-corrected chi connectivity index (χ3v) is 2.75. The van der Waals surface area contributed by atoms with Crippen molar-refractivity contribution in [1.29, 1.82) is 0 Å². The minimum Gasteiger partial charge on any atom is -0.465 e. The normalized spacial score (nSPS) is 20.4. The molecule has 0 spiro atoms. The van der Waals surface area contributed by atoms with Crippen LogP contribution in [0.2, 0.25) is 0 Å². The minimum atomic E-state index is -0.0653. The Bertz CT molecular complexity index is 348. The van der Waals surface area contributed by atoms with Crippen LogP contribution in [0.15, 0.2) is 30.8 Å². The maximum absolute atomic E-state index is 5.74. The quantitative estimate of drug-likeness (QED) is 0.771. The topological polar surface area (TPSA) is 18.5 Å². The van der Waals surface area contributed by atoms with Crippen molar-refractivity contribution in [3.8, 4) is 5.75 Å². The Labute approximate surface area is 96.9 Å². The van der Waals surface area contributed by atoms with Gasteiger partial charge in [0.05, 0.1) is 6.61 Å². The molecule has 16 heavy (non-hydrogen) atoms. The number of ether oxygens (including phenoxy) is 2. The first-order chi connectivity index (χ1) is 7.75. The Morgan fingerprint density at radius 3 is 2.62 bits per heavy atom. The molecule has 86 valence electrons. The monoisotopic (exact) mass is 218 g/mol. The Morgan fingerprint density at radius 1 is 1.31 bits per heavy atom. The molecular weight excluding hydrogens is 200 g/mol. The van der Waals surface area contributed by atoms with E-state index in [0.717, 1.165) is 36.3 Å². The molecule has 1 aliphatic heterocycles. The molecule has 0 aliphatic carbocycles. The van der Waals surface area contributed by atoms with Gasteiger partial charge in [-0.3, -0.25) is 0 Å². The van der Waals surface area contributed by atoms with Crippen LogP contribution in [0.5, 0.6) is 5.75 Å². The van der Waals surface area contributed by atoms with Gasteiger partial charge < -0.3 is 9.47 Å². The molecular formula is C14H18O2. The third-order valence-electron chi connectivity index (χ3n) is 2.75. The zero-order valence-electron chi connectivity index (χ0n) is 9.74. The van der Waals surface area contributed by atoms with E-state index in [2.05, 4.69) is 6.58 Å². The lowest BCUT2D eigenvalue weighted by Crippen LogP contribution is -2.24. The van der Waals surface area contributed by atoms with Gasteiger partial charge in [-0.1, -0.05) is 24.3 Å². The number of hydrogen-bond acceptors (Lipinski definition) is 2. The van der Waals surface area contributed by atoms with Gasteiger partial charge in [-0.05, 0) is 37.5 Å². The Kier molecular flexibility index (Phi) is 3.62. The summed E-state index contributed by atoms with van der Waals surface area (Å²) >= 11 is 0. The lowest BCUT2D eigenvalue weighted by Gasteiger charge is -2.23. The number of rotatable bonds is 3. The van der Waals surface area contributed by atoms with Crippen molar-refractivity contribution in [2.24, 2.45) is 0 Å². The molecule has 0 N–H and O–H groups in total. The first kappa shape index (κ1) is 11.2. The molecule has 1 fully saturated rings. The maximum atomic E-state index is 5.74. The molecule has 1 aromatic carbocycles. The second kappa shape index (κ2) is 5.17. The summed E-state index contributed by atoms with van der Waals surface area (Å²) in [5.41, 5.74) is 2.22. The standard InChI is InChI=1S/C14H18O2/c1-11(2)12-6-8-13(9-7-12)16-14-5-3-4-10-15-14/h6-9,14H,1,3-5,10H2,2H3. The molecule has 2 nitrogen and oxygen atoms in total. The predicted molar refractivity (Wildman–Crippen MR) is 65.4 cm³/mol. The molecule has 1 aliphatic rings. The van der Waals surface area contributed by atoms with E-state index in [1.807, 2.05) is 31.2 Å². The smallest absolute Gasteiger partial charge is 0.199 e. The molecule has 1 heterocycles. The highest BCUT2D eigenvalue weighted by atomic mass is 16.7. The number of benzene rings is 1. The second-order valence-electron chi connectivity index (χ2n) is 4.22. The van der Waals surface area contributed by atoms with Crippen molar-refractivity contribution in [3.63, 3.8) is 0 Å². The molecule has 0 aromatic heterocycles. The highest BCUT2D eigenvalue weighted by molar-refractivity contribution is 5.61. The van der Waals surface area contributed by atoms with Crippen LogP contribution >= 0.6 is 0 Å². The van der Waals surface area contributed by atoms with E-state index in [0.29, 0.717) is 0 Å². The number of allylic oxidation sites excluding steroid dienone is 1. The highest BCUT2D eigenvalue weighted by Crippen LogP contribution is 2.21. The van der Waals surface area contributed by atoms with E-state index in [1.54, 1.807) is 0 Å². The molecule has 1 atom stereocenters. The Balaban J connectivity index is 1.96. The van der Waals surface area contributed by atoms with Gasteiger partial charge in [-0.2, -0.15) is 0 Å². The number of hydrogen-bond donors (Lipinski definition) is 0. The molecule has 2 heteroatoms. The fourth-order valence-corrected chi connectivity index (χ4v) is 1.77. The van der Waals surface area contributed by atoms with E-state index >= 15 is 0 Å². The van der Waals surface area contributed by atoms with Crippen molar-refractivity contribution in [3.05, 3.63) is 36.4 Å². The van der Waals surface area contributed by atoms with E-state index in [9.17, 15) is 0 Å². The lowest BCUT2D eigenvalue weighted by molar-refractivity contribution is -0.105. The van der Waals surface area contributed by atoms with Crippen molar-refractivity contribution < 1.29 is 9.47 Å². The largest absolute Gasteiger partial charge is 0.465 e. The zero-order chi connectivity index (χ0) is 11.4. The summed E-state index contributed by atoms with van der Waals surface area (Å²) in [5.74, 6) is 0.872. The molecule has 0 saturated carbocycles. The van der Waals surface area contributed by atoms with Crippen LogP contribution in [0.25, 0.3) is 5.57 Å². The summed E-state index contributed by atoms with van der Waals surface area (Å²) < 4.78 is 11.3. The van der Waals surface area contributed by atoms with E-state index in [1.165, 1.54) is 6.42 Å². The SMILES string of the molecule is C=C(C)c1ccc(OC2CCCCO2)cc1. The van der Waals surface area contributed by atoms with Gasteiger partial charge in [0.2, 0.25) is 0 Å². The van der Waals surface area contributed by atoms with Crippen LogP contribution in [0.1, 0.15) is 31.7 Å². The van der Waals surface area contributed by atoms with Gasteiger partial charge in [-0.15, -0.1) is 0 Å². The summed E-state index contributed by atoms with van der Waals surface area (Å²) in [6.45, 7) is 6.72. The van der Waals surface area contributed by atoms with E-state index in [4.69, 9.17) is 9.47 Å². The fourth-order valence-electron chi connectivity index (χ4n) is 1.77. The van der Waals surface area contributed by atoms with Crippen molar-refractivity contribution in [2.75, 3.05) is 6.61 Å². The molecule has 1 unspecified atom stereocenters. The summed E-state index contributed by atoms with van der Waals surface area (Å²) in [7, 11) is 0. The van der Waals surface area contributed by atoms with Gasteiger partial charge in [0.25, 0.3) is 0 Å².